The van der Waals surface area contributed by atoms with Crippen molar-refractivity contribution in [2.24, 2.45) is 0 Å². The number of halogens is 2. The Bertz CT molecular complexity index is 1150. The molecule has 0 saturated heterocycles. The summed E-state index contributed by atoms with van der Waals surface area (Å²) >= 11 is 12.0. The van der Waals surface area contributed by atoms with E-state index in [1.807, 2.05) is 0 Å². The molecule has 0 aromatic heterocycles. The van der Waals surface area contributed by atoms with Gasteiger partial charge in [0.15, 0.2) is 0 Å². The summed E-state index contributed by atoms with van der Waals surface area (Å²) in [5, 5.41) is 3.45. The van der Waals surface area contributed by atoms with Crippen molar-refractivity contribution in [1.29, 1.82) is 0 Å². The van der Waals surface area contributed by atoms with E-state index in [0.717, 1.165) is 5.56 Å². The van der Waals surface area contributed by atoms with Crippen LogP contribution in [0.3, 0.4) is 0 Å². The second-order valence-corrected chi connectivity index (χ2v) is 8.85. The molecule has 156 valence electrons. The highest BCUT2D eigenvalue weighted by molar-refractivity contribution is 7.92. The highest BCUT2D eigenvalue weighted by Crippen LogP contribution is 2.27. The van der Waals surface area contributed by atoms with Crippen molar-refractivity contribution >= 4 is 50.5 Å². The summed E-state index contributed by atoms with van der Waals surface area (Å²) in [5.41, 5.74) is 1.34. The molecule has 0 radical (unpaired) electrons. The Morgan fingerprint density at radius 1 is 0.967 bits per heavy atom. The first-order valence-electron chi connectivity index (χ1n) is 8.77. The minimum atomic E-state index is -3.89. The van der Waals surface area contributed by atoms with E-state index in [1.54, 1.807) is 48.5 Å². The number of carbonyl (C=O) groups is 1. The number of hydrogen-bond acceptors (Lipinski definition) is 4. The summed E-state index contributed by atoms with van der Waals surface area (Å²) < 4.78 is 33.0. The number of methoxy groups -OCH3 is 1. The lowest BCUT2D eigenvalue weighted by Crippen LogP contribution is -2.16. The van der Waals surface area contributed by atoms with Crippen LogP contribution in [-0.4, -0.2) is 21.4 Å². The Morgan fingerprint density at radius 3 is 2.27 bits per heavy atom. The van der Waals surface area contributed by atoms with Crippen LogP contribution < -0.4 is 14.8 Å². The van der Waals surface area contributed by atoms with Crippen molar-refractivity contribution < 1.29 is 17.9 Å². The third kappa shape index (κ3) is 5.66. The molecule has 0 heterocycles. The number of carbonyl (C=O) groups excluding carboxylic acids is 1. The van der Waals surface area contributed by atoms with Crippen LogP contribution >= 0.6 is 23.2 Å². The summed E-state index contributed by atoms with van der Waals surface area (Å²) in [4.78, 5) is 12.3. The van der Waals surface area contributed by atoms with Crippen LogP contribution in [-0.2, 0) is 21.2 Å². The van der Waals surface area contributed by atoms with Crippen molar-refractivity contribution in [3.63, 3.8) is 0 Å². The zero-order valence-electron chi connectivity index (χ0n) is 15.9. The number of hydrogen-bond donors (Lipinski definition) is 2. The molecule has 3 aromatic carbocycles. The average molecular weight is 465 g/mol. The first-order valence-corrected chi connectivity index (χ1v) is 11.0. The Balaban J connectivity index is 1.75. The van der Waals surface area contributed by atoms with Gasteiger partial charge in [0.25, 0.3) is 10.0 Å². The largest absolute Gasteiger partial charge is 0.497 e. The molecule has 0 spiro atoms. The van der Waals surface area contributed by atoms with E-state index in [2.05, 4.69) is 10.0 Å². The Morgan fingerprint density at radius 2 is 1.63 bits per heavy atom. The van der Waals surface area contributed by atoms with Crippen LogP contribution in [0.1, 0.15) is 5.56 Å². The van der Waals surface area contributed by atoms with Crippen molar-refractivity contribution in [2.45, 2.75) is 11.3 Å². The molecule has 0 atom stereocenters. The van der Waals surface area contributed by atoms with E-state index < -0.39 is 10.0 Å². The molecule has 6 nitrogen and oxygen atoms in total. The van der Waals surface area contributed by atoms with Crippen LogP contribution in [0.15, 0.2) is 71.6 Å². The van der Waals surface area contributed by atoms with Crippen LogP contribution in [0.2, 0.25) is 10.0 Å². The van der Waals surface area contributed by atoms with Gasteiger partial charge in [0.1, 0.15) is 5.75 Å². The van der Waals surface area contributed by atoms with Crippen molar-refractivity contribution in [3.8, 4) is 5.75 Å². The van der Waals surface area contributed by atoms with Gasteiger partial charge in [0.2, 0.25) is 5.91 Å². The Labute approximate surface area is 184 Å². The van der Waals surface area contributed by atoms with Crippen molar-refractivity contribution in [3.05, 3.63) is 82.3 Å². The molecule has 3 aromatic rings. The van der Waals surface area contributed by atoms with Crippen molar-refractivity contribution in [2.75, 3.05) is 17.1 Å². The molecule has 30 heavy (non-hydrogen) atoms. The third-order valence-electron chi connectivity index (χ3n) is 4.14. The quantitative estimate of drug-likeness (QED) is 0.515. The van der Waals surface area contributed by atoms with Gasteiger partial charge in [0, 0.05) is 10.7 Å². The maximum absolute atomic E-state index is 12.7. The fourth-order valence-corrected chi connectivity index (χ4v) is 4.00. The third-order valence-corrected chi connectivity index (χ3v) is 6.10. The number of amides is 1. The van der Waals surface area contributed by atoms with Crippen LogP contribution in [0.4, 0.5) is 11.4 Å². The van der Waals surface area contributed by atoms with E-state index in [1.165, 1.54) is 25.3 Å². The minimum absolute atomic E-state index is 0.0375. The first-order chi connectivity index (χ1) is 14.3. The molecule has 0 aliphatic heterocycles. The molecule has 0 aliphatic rings. The normalized spacial score (nSPS) is 11.0. The number of benzene rings is 3. The van der Waals surface area contributed by atoms with Gasteiger partial charge in [-0.15, -0.1) is 0 Å². The predicted molar refractivity (Wildman–Crippen MR) is 119 cm³/mol. The highest BCUT2D eigenvalue weighted by Gasteiger charge is 2.17. The molecular weight excluding hydrogens is 447 g/mol. The topological polar surface area (TPSA) is 84.5 Å². The number of anilines is 2. The maximum Gasteiger partial charge on any atom is 0.261 e. The molecule has 0 aliphatic carbocycles. The lowest BCUT2D eigenvalue weighted by molar-refractivity contribution is -0.115. The van der Waals surface area contributed by atoms with Crippen LogP contribution in [0.5, 0.6) is 5.75 Å². The zero-order valence-corrected chi connectivity index (χ0v) is 18.2. The fourth-order valence-electron chi connectivity index (χ4n) is 2.62. The van der Waals surface area contributed by atoms with Crippen LogP contribution in [0.25, 0.3) is 0 Å². The average Bonchev–Trinajstić information content (AvgIpc) is 2.71. The lowest BCUT2D eigenvalue weighted by atomic mass is 10.1. The highest BCUT2D eigenvalue weighted by atomic mass is 35.5. The molecule has 2 N–H and O–H groups in total. The van der Waals surface area contributed by atoms with E-state index in [0.29, 0.717) is 16.5 Å². The summed E-state index contributed by atoms with van der Waals surface area (Å²) in [6.45, 7) is 0. The van der Waals surface area contributed by atoms with Gasteiger partial charge in [-0.1, -0.05) is 35.3 Å². The fraction of sp³-hybridized carbons (Fsp3) is 0.0952. The summed E-state index contributed by atoms with van der Waals surface area (Å²) in [6.07, 6.45) is 0.0918. The van der Waals surface area contributed by atoms with E-state index >= 15 is 0 Å². The molecule has 9 heteroatoms. The summed E-state index contributed by atoms with van der Waals surface area (Å²) in [6, 6.07) is 17.4. The van der Waals surface area contributed by atoms with Gasteiger partial charge in [-0.25, -0.2) is 8.42 Å². The van der Waals surface area contributed by atoms with Gasteiger partial charge in [-0.05, 0) is 60.2 Å². The smallest absolute Gasteiger partial charge is 0.261 e. The van der Waals surface area contributed by atoms with Gasteiger partial charge < -0.3 is 10.1 Å². The Hall–Kier alpha value is -2.74. The number of ether oxygens (including phenoxy) is 1. The number of rotatable bonds is 7. The standard InChI is InChI=1S/C21H18Cl2N2O4S/c1-29-17-8-6-16(7-9-17)25-30(27,28)18-10-11-19(23)20(13-18)24-21(26)12-14-2-4-15(22)5-3-14/h2-11,13,25H,12H2,1H3,(H,24,26). The van der Waals surface area contributed by atoms with Crippen molar-refractivity contribution in [1.82, 2.24) is 0 Å². The van der Waals surface area contributed by atoms with Gasteiger partial charge in [-0.3, -0.25) is 9.52 Å². The van der Waals surface area contributed by atoms with E-state index in [9.17, 15) is 13.2 Å². The van der Waals surface area contributed by atoms with E-state index in [-0.39, 0.29) is 27.9 Å². The summed E-state index contributed by atoms with van der Waals surface area (Å²) in [7, 11) is -2.36. The van der Waals surface area contributed by atoms with Gasteiger partial charge in [-0.2, -0.15) is 0 Å². The second-order valence-electron chi connectivity index (χ2n) is 6.33. The monoisotopic (exact) mass is 464 g/mol. The minimum Gasteiger partial charge on any atom is -0.497 e. The van der Waals surface area contributed by atoms with Crippen LogP contribution in [0, 0.1) is 0 Å². The molecule has 0 bridgehead atoms. The summed E-state index contributed by atoms with van der Waals surface area (Å²) in [5.74, 6) is 0.270. The number of nitrogens with one attached hydrogen (secondary N) is 2. The molecular formula is C21H18Cl2N2O4S. The lowest BCUT2D eigenvalue weighted by Gasteiger charge is -2.12. The Kier molecular flexibility index (Phi) is 6.87. The second kappa shape index (κ2) is 9.38. The first kappa shape index (κ1) is 22.0. The predicted octanol–water partition coefficient (Wildman–Crippen LogP) is 4.98. The molecule has 3 rings (SSSR count). The molecule has 0 unspecified atom stereocenters. The SMILES string of the molecule is COc1ccc(NS(=O)(=O)c2ccc(Cl)c(NC(=O)Cc3ccc(Cl)cc3)c2)cc1. The molecule has 0 fully saturated rings. The zero-order chi connectivity index (χ0) is 21.7. The maximum atomic E-state index is 12.7. The van der Waals surface area contributed by atoms with Gasteiger partial charge >= 0.3 is 0 Å². The number of sulfonamides is 1. The molecule has 0 saturated carbocycles. The van der Waals surface area contributed by atoms with Gasteiger partial charge in [0.05, 0.1) is 29.1 Å². The molecule has 1 amide bonds. The van der Waals surface area contributed by atoms with E-state index in [4.69, 9.17) is 27.9 Å².